The topological polar surface area (TPSA) is 52.0 Å². The van der Waals surface area contributed by atoms with Gasteiger partial charge in [0.05, 0.1) is 19.6 Å². The van der Waals surface area contributed by atoms with Gasteiger partial charge in [0.2, 0.25) is 0 Å². The molecule has 113 valence electrons. The Balaban J connectivity index is 1.84. The monoisotopic (exact) mass is 269 g/mol. The number of rotatable bonds is 13. The molecule has 1 aliphatic heterocycles. The standard InChI is InChI=1S/C16H35N3/c1-2-3-4-5-6-7-8-9-10-11-13-19(14-12-17)15-16(19)18/h12,16H,2-11,13-15,17-18H2,1H3/q+1. The summed E-state index contributed by atoms with van der Waals surface area (Å²) in [7, 11) is 0. The lowest BCUT2D eigenvalue weighted by Crippen LogP contribution is -2.35. The Morgan fingerprint density at radius 2 is 1.42 bits per heavy atom. The van der Waals surface area contributed by atoms with Gasteiger partial charge in [-0.05, 0) is 12.8 Å². The lowest BCUT2D eigenvalue weighted by atomic mass is 10.1. The van der Waals surface area contributed by atoms with E-state index in [1.165, 1.54) is 70.8 Å². The average Bonchev–Trinajstić information content (AvgIpc) is 3.02. The van der Waals surface area contributed by atoms with Crippen LogP contribution < -0.4 is 11.5 Å². The number of hydrogen-bond donors (Lipinski definition) is 2. The van der Waals surface area contributed by atoms with Crippen molar-refractivity contribution < 1.29 is 4.48 Å². The molecule has 1 fully saturated rings. The van der Waals surface area contributed by atoms with E-state index in [2.05, 4.69) is 6.92 Å². The molecule has 1 saturated heterocycles. The van der Waals surface area contributed by atoms with Gasteiger partial charge in [0.25, 0.3) is 0 Å². The number of nitrogens with two attached hydrogens (primary N) is 2. The zero-order chi connectivity index (χ0) is 14.0. The quantitative estimate of drug-likeness (QED) is 0.306. The summed E-state index contributed by atoms with van der Waals surface area (Å²) in [6.07, 6.45) is 14.4. The van der Waals surface area contributed by atoms with Crippen molar-refractivity contribution >= 4 is 0 Å². The van der Waals surface area contributed by atoms with E-state index in [9.17, 15) is 0 Å². The fraction of sp³-hybridized carbons (Fsp3) is 0.938. The van der Waals surface area contributed by atoms with Crippen LogP contribution in [0.15, 0.2) is 0 Å². The van der Waals surface area contributed by atoms with Gasteiger partial charge in [0.1, 0.15) is 6.54 Å². The number of nitrogens with zero attached hydrogens (tertiary/aromatic N) is 1. The maximum Gasteiger partial charge on any atom is 0.191 e. The molecule has 0 amide bonds. The Morgan fingerprint density at radius 1 is 0.947 bits per heavy atom. The molecule has 3 heteroatoms. The Morgan fingerprint density at radius 3 is 1.84 bits per heavy atom. The van der Waals surface area contributed by atoms with Gasteiger partial charge in [-0.1, -0.05) is 58.3 Å². The van der Waals surface area contributed by atoms with Crippen molar-refractivity contribution in [3.8, 4) is 0 Å². The second-order valence-corrected chi connectivity index (χ2v) is 6.29. The Hall–Kier alpha value is -0.120. The minimum atomic E-state index is 0.360. The molecule has 3 nitrogen and oxygen atoms in total. The maximum atomic E-state index is 6.00. The SMILES string of the molecule is CCCCCCCCCCCC[N+]1(C[CH]N)CC1N. The summed E-state index contributed by atoms with van der Waals surface area (Å²) in [5.41, 5.74) is 11.5. The maximum absolute atomic E-state index is 6.00. The summed E-state index contributed by atoms with van der Waals surface area (Å²) in [6, 6.07) is 0. The minimum absolute atomic E-state index is 0.360. The summed E-state index contributed by atoms with van der Waals surface area (Å²) in [4.78, 5) is 0. The van der Waals surface area contributed by atoms with E-state index >= 15 is 0 Å². The zero-order valence-corrected chi connectivity index (χ0v) is 12.9. The normalized spacial score (nSPS) is 25.7. The summed E-state index contributed by atoms with van der Waals surface area (Å²) in [5, 5.41) is 0. The Bertz CT molecular complexity index is 220. The van der Waals surface area contributed by atoms with Crippen molar-refractivity contribution in [1.29, 1.82) is 0 Å². The van der Waals surface area contributed by atoms with E-state index in [0.717, 1.165) is 17.6 Å². The van der Waals surface area contributed by atoms with Crippen LogP contribution in [0.3, 0.4) is 0 Å². The lowest BCUT2D eigenvalue weighted by Gasteiger charge is -2.18. The number of quaternary nitrogens is 1. The molecule has 0 bridgehead atoms. The van der Waals surface area contributed by atoms with Crippen molar-refractivity contribution in [3.05, 3.63) is 6.54 Å². The van der Waals surface area contributed by atoms with Gasteiger partial charge in [0, 0.05) is 0 Å². The summed E-state index contributed by atoms with van der Waals surface area (Å²) in [5.74, 6) is 0. The molecule has 1 rings (SSSR count). The fourth-order valence-corrected chi connectivity index (χ4v) is 3.01. The van der Waals surface area contributed by atoms with Gasteiger partial charge in [-0.15, -0.1) is 0 Å². The molecule has 1 aliphatic rings. The van der Waals surface area contributed by atoms with E-state index in [-0.39, 0.29) is 0 Å². The summed E-state index contributed by atoms with van der Waals surface area (Å²) < 4.78 is 1.05. The number of hydrogen-bond acceptors (Lipinski definition) is 2. The third-order valence-corrected chi connectivity index (χ3v) is 4.55. The van der Waals surface area contributed by atoms with Gasteiger partial charge in [-0.2, -0.15) is 0 Å². The summed E-state index contributed by atoms with van der Waals surface area (Å²) >= 11 is 0. The second-order valence-electron chi connectivity index (χ2n) is 6.29. The van der Waals surface area contributed by atoms with Crippen molar-refractivity contribution in [3.63, 3.8) is 0 Å². The molecule has 4 N–H and O–H groups in total. The average molecular weight is 269 g/mol. The van der Waals surface area contributed by atoms with Crippen LogP contribution >= 0.6 is 0 Å². The fourth-order valence-electron chi connectivity index (χ4n) is 3.01. The van der Waals surface area contributed by atoms with E-state index in [0.29, 0.717) is 6.17 Å². The van der Waals surface area contributed by atoms with Crippen LogP contribution in [0.1, 0.15) is 71.1 Å². The highest BCUT2D eigenvalue weighted by atomic mass is 15.5. The van der Waals surface area contributed by atoms with Crippen LogP contribution in [0.4, 0.5) is 0 Å². The van der Waals surface area contributed by atoms with Crippen LogP contribution in [0.2, 0.25) is 0 Å². The molecule has 1 heterocycles. The Labute approximate surface area is 120 Å². The van der Waals surface area contributed by atoms with Crippen LogP contribution in [0.5, 0.6) is 0 Å². The van der Waals surface area contributed by atoms with E-state index in [1.54, 1.807) is 6.54 Å². The van der Waals surface area contributed by atoms with E-state index in [1.807, 2.05) is 0 Å². The van der Waals surface area contributed by atoms with Crippen LogP contribution in [-0.4, -0.2) is 30.3 Å². The predicted octanol–water partition coefficient (Wildman–Crippen LogP) is 3.14. The molecule has 19 heavy (non-hydrogen) atoms. The predicted molar refractivity (Wildman–Crippen MR) is 83.2 cm³/mol. The number of unbranched alkanes of at least 4 members (excludes halogenated alkanes) is 9. The second kappa shape index (κ2) is 9.73. The first-order valence-corrected chi connectivity index (χ1v) is 8.40. The van der Waals surface area contributed by atoms with Crippen molar-refractivity contribution in [1.82, 2.24) is 0 Å². The highest BCUT2D eigenvalue weighted by Gasteiger charge is 2.50. The van der Waals surface area contributed by atoms with Crippen molar-refractivity contribution in [2.24, 2.45) is 11.5 Å². The molecular formula is C16H35N3+. The molecule has 0 aliphatic carbocycles. The third-order valence-electron chi connectivity index (χ3n) is 4.55. The van der Waals surface area contributed by atoms with Gasteiger partial charge < -0.3 is 5.73 Å². The van der Waals surface area contributed by atoms with Crippen molar-refractivity contribution in [2.75, 3.05) is 19.6 Å². The van der Waals surface area contributed by atoms with Gasteiger partial charge >= 0.3 is 0 Å². The smallest absolute Gasteiger partial charge is 0.191 e. The molecule has 0 saturated carbocycles. The first kappa shape index (κ1) is 16.9. The van der Waals surface area contributed by atoms with Crippen LogP contribution in [0.25, 0.3) is 0 Å². The highest BCUT2D eigenvalue weighted by molar-refractivity contribution is 4.71. The Kier molecular flexibility index (Phi) is 8.67. The van der Waals surface area contributed by atoms with Crippen LogP contribution in [-0.2, 0) is 0 Å². The van der Waals surface area contributed by atoms with Gasteiger partial charge in [0.15, 0.2) is 6.17 Å². The first-order chi connectivity index (χ1) is 9.25. The molecule has 1 radical (unpaired) electrons. The molecule has 0 aromatic heterocycles. The zero-order valence-electron chi connectivity index (χ0n) is 12.9. The molecule has 2 atom stereocenters. The third kappa shape index (κ3) is 6.73. The first-order valence-electron chi connectivity index (χ1n) is 8.40. The van der Waals surface area contributed by atoms with Crippen molar-refractivity contribution in [2.45, 2.75) is 77.3 Å². The lowest BCUT2D eigenvalue weighted by molar-refractivity contribution is -0.809. The van der Waals surface area contributed by atoms with Crippen LogP contribution in [0, 0.1) is 6.54 Å². The summed E-state index contributed by atoms with van der Waals surface area (Å²) in [6.45, 7) is 7.37. The van der Waals surface area contributed by atoms with E-state index in [4.69, 9.17) is 11.5 Å². The van der Waals surface area contributed by atoms with Gasteiger partial charge in [-0.25, -0.2) is 0 Å². The molecule has 2 unspecified atom stereocenters. The molecule has 0 aromatic rings. The minimum Gasteiger partial charge on any atom is -0.322 e. The van der Waals surface area contributed by atoms with Gasteiger partial charge in [-0.3, -0.25) is 10.2 Å². The molecule has 0 spiro atoms. The highest BCUT2D eigenvalue weighted by Crippen LogP contribution is 2.27. The van der Waals surface area contributed by atoms with E-state index < -0.39 is 0 Å². The largest absolute Gasteiger partial charge is 0.322 e. The molecule has 0 aromatic carbocycles. The molecular weight excluding hydrogens is 234 g/mol.